The Balaban J connectivity index is 1.17. The first-order valence-electron chi connectivity index (χ1n) is 9.87. The Morgan fingerprint density at radius 2 is 2.19 bits per heavy atom. The molecule has 0 saturated carbocycles. The van der Waals surface area contributed by atoms with Crippen molar-refractivity contribution in [2.75, 3.05) is 32.8 Å². The second-order valence-corrected chi connectivity index (χ2v) is 7.91. The predicted octanol–water partition coefficient (Wildman–Crippen LogP) is 1.60. The van der Waals surface area contributed by atoms with Crippen LogP contribution in [0, 0.1) is 11.8 Å². The number of carbonyl (C=O) groups is 1. The third-order valence-corrected chi connectivity index (χ3v) is 5.86. The first-order valence-corrected chi connectivity index (χ1v) is 9.87. The molecule has 1 amide bonds. The van der Waals surface area contributed by atoms with Crippen LogP contribution in [0.4, 0.5) is 0 Å². The van der Waals surface area contributed by atoms with Gasteiger partial charge in [0.25, 0.3) is 0 Å². The summed E-state index contributed by atoms with van der Waals surface area (Å²) >= 11 is 0. The van der Waals surface area contributed by atoms with Crippen molar-refractivity contribution in [2.24, 2.45) is 11.8 Å². The number of carbonyl (C=O) groups excluding carboxylic acids is 1. The molecule has 0 unspecified atom stereocenters. The van der Waals surface area contributed by atoms with E-state index >= 15 is 0 Å². The number of nitrogens with one attached hydrogen (secondary N) is 1. The number of amides is 1. The van der Waals surface area contributed by atoms with Gasteiger partial charge in [-0.3, -0.25) is 14.7 Å². The first-order chi connectivity index (χ1) is 12.8. The fourth-order valence-corrected chi connectivity index (χ4v) is 4.45. The van der Waals surface area contributed by atoms with E-state index in [4.69, 9.17) is 9.47 Å². The number of hydrogen-bond donors (Lipinski definition) is 1. The minimum atomic E-state index is 0.0835. The van der Waals surface area contributed by atoms with Gasteiger partial charge in [-0.05, 0) is 36.8 Å². The Morgan fingerprint density at radius 1 is 1.31 bits per heavy atom. The monoisotopic (exact) mass is 359 g/mol. The average Bonchev–Trinajstić information content (AvgIpc) is 3.19. The van der Waals surface area contributed by atoms with Crippen LogP contribution in [0.25, 0.3) is 0 Å². The summed E-state index contributed by atoms with van der Waals surface area (Å²) in [7, 11) is 0. The molecule has 3 atom stereocenters. The molecule has 0 bridgehead atoms. The van der Waals surface area contributed by atoms with Crippen LogP contribution in [0.1, 0.15) is 31.2 Å². The zero-order valence-electron chi connectivity index (χ0n) is 15.3. The van der Waals surface area contributed by atoms with Gasteiger partial charge in [-0.2, -0.15) is 0 Å². The van der Waals surface area contributed by atoms with Crippen molar-refractivity contribution in [3.05, 3.63) is 30.1 Å². The Labute approximate surface area is 155 Å². The highest BCUT2D eigenvalue weighted by atomic mass is 16.5. The van der Waals surface area contributed by atoms with Gasteiger partial charge < -0.3 is 14.8 Å². The summed E-state index contributed by atoms with van der Waals surface area (Å²) in [5, 5.41) is 3.09. The van der Waals surface area contributed by atoms with Gasteiger partial charge in [0.1, 0.15) is 0 Å². The molecular formula is C20H29N3O3. The molecular weight excluding hydrogens is 330 g/mol. The number of likely N-dealkylation sites (tertiary alicyclic amines) is 1. The third kappa shape index (κ3) is 4.61. The molecule has 0 aliphatic carbocycles. The lowest BCUT2D eigenvalue weighted by molar-refractivity contribution is -0.124. The van der Waals surface area contributed by atoms with Gasteiger partial charge in [-0.1, -0.05) is 6.07 Å². The number of hydrogen-bond acceptors (Lipinski definition) is 5. The number of rotatable bonds is 6. The molecule has 1 aromatic rings. The Kier molecular flexibility index (Phi) is 5.82. The van der Waals surface area contributed by atoms with E-state index < -0.39 is 0 Å². The van der Waals surface area contributed by atoms with Crippen molar-refractivity contribution in [1.82, 2.24) is 15.2 Å². The van der Waals surface area contributed by atoms with Gasteiger partial charge in [0.15, 0.2) is 0 Å². The number of ether oxygens (including phenoxy) is 2. The lowest BCUT2D eigenvalue weighted by Crippen LogP contribution is -2.34. The zero-order chi connectivity index (χ0) is 17.8. The summed E-state index contributed by atoms with van der Waals surface area (Å²) in [6.07, 6.45) is 7.70. The maximum atomic E-state index is 12.2. The normalized spacial score (nSPS) is 29.6. The number of aromatic nitrogens is 1. The molecule has 6 nitrogen and oxygen atoms in total. The molecule has 3 fully saturated rings. The van der Waals surface area contributed by atoms with E-state index in [-0.39, 0.29) is 18.1 Å². The minimum absolute atomic E-state index is 0.0835. The van der Waals surface area contributed by atoms with Crippen molar-refractivity contribution in [3.8, 4) is 0 Å². The average molecular weight is 359 g/mol. The fraction of sp³-hybridized carbons (Fsp3) is 0.700. The van der Waals surface area contributed by atoms with E-state index in [1.807, 2.05) is 18.5 Å². The SMILES string of the molecule is O=C(C[C@@H]1C[C@@H]2CN(Cc3cccnc3)C[C@@H]2O1)NCC1CCOCC1. The summed E-state index contributed by atoms with van der Waals surface area (Å²) < 4.78 is 11.5. The molecule has 0 aromatic carbocycles. The molecule has 3 saturated heterocycles. The Hall–Kier alpha value is -1.50. The number of pyridine rings is 1. The van der Waals surface area contributed by atoms with Gasteiger partial charge in [0, 0.05) is 57.7 Å². The Bertz CT molecular complexity index is 577. The second kappa shape index (κ2) is 8.46. The molecule has 3 aliphatic rings. The van der Waals surface area contributed by atoms with Gasteiger partial charge in [0.2, 0.25) is 5.91 Å². The van der Waals surface area contributed by atoms with Crippen LogP contribution in [-0.2, 0) is 20.8 Å². The maximum absolute atomic E-state index is 12.2. The first kappa shape index (κ1) is 17.9. The molecule has 4 heterocycles. The van der Waals surface area contributed by atoms with E-state index in [0.717, 1.165) is 58.7 Å². The summed E-state index contributed by atoms with van der Waals surface area (Å²) in [5.74, 6) is 1.26. The van der Waals surface area contributed by atoms with Crippen molar-refractivity contribution >= 4 is 5.91 Å². The largest absolute Gasteiger partial charge is 0.381 e. The molecule has 1 aromatic heterocycles. The van der Waals surface area contributed by atoms with E-state index in [1.54, 1.807) is 0 Å². The molecule has 1 N–H and O–H groups in total. The summed E-state index contributed by atoms with van der Waals surface area (Å²) in [6, 6.07) is 4.10. The van der Waals surface area contributed by atoms with Crippen LogP contribution in [-0.4, -0.2) is 60.8 Å². The van der Waals surface area contributed by atoms with E-state index in [2.05, 4.69) is 21.3 Å². The Morgan fingerprint density at radius 3 is 2.96 bits per heavy atom. The second-order valence-electron chi connectivity index (χ2n) is 7.91. The molecule has 0 radical (unpaired) electrons. The predicted molar refractivity (Wildman–Crippen MR) is 97.5 cm³/mol. The molecule has 26 heavy (non-hydrogen) atoms. The standard InChI is InChI=1S/C20H29N3O3/c24-20(22-11-15-3-6-25-7-4-15)9-18-8-17-13-23(14-19(17)26-18)12-16-2-1-5-21-10-16/h1-2,5,10,15,17-19H,3-4,6-9,11-14H2,(H,22,24)/t17-,18+,19+/m1/s1. The fourth-order valence-electron chi connectivity index (χ4n) is 4.45. The van der Waals surface area contributed by atoms with Gasteiger partial charge in [0.05, 0.1) is 18.6 Å². The van der Waals surface area contributed by atoms with E-state index in [1.165, 1.54) is 5.56 Å². The lowest BCUT2D eigenvalue weighted by atomic mass is 9.99. The van der Waals surface area contributed by atoms with Crippen molar-refractivity contribution < 1.29 is 14.3 Å². The maximum Gasteiger partial charge on any atom is 0.222 e. The van der Waals surface area contributed by atoms with Gasteiger partial charge in [-0.25, -0.2) is 0 Å². The quantitative estimate of drug-likeness (QED) is 0.836. The molecule has 3 aliphatic heterocycles. The van der Waals surface area contributed by atoms with Gasteiger partial charge in [-0.15, -0.1) is 0 Å². The zero-order valence-corrected chi connectivity index (χ0v) is 15.3. The summed E-state index contributed by atoms with van der Waals surface area (Å²) in [5.41, 5.74) is 1.25. The van der Waals surface area contributed by atoms with Crippen LogP contribution in [0.3, 0.4) is 0 Å². The topological polar surface area (TPSA) is 63.7 Å². The van der Waals surface area contributed by atoms with E-state index in [0.29, 0.717) is 18.3 Å². The van der Waals surface area contributed by atoms with Crippen LogP contribution >= 0.6 is 0 Å². The smallest absolute Gasteiger partial charge is 0.222 e. The van der Waals surface area contributed by atoms with Crippen molar-refractivity contribution in [3.63, 3.8) is 0 Å². The highest BCUT2D eigenvalue weighted by Gasteiger charge is 2.42. The molecule has 142 valence electrons. The van der Waals surface area contributed by atoms with Crippen LogP contribution in [0.15, 0.2) is 24.5 Å². The van der Waals surface area contributed by atoms with Crippen LogP contribution in [0.5, 0.6) is 0 Å². The highest BCUT2D eigenvalue weighted by Crippen LogP contribution is 2.34. The molecule has 0 spiro atoms. The van der Waals surface area contributed by atoms with Gasteiger partial charge >= 0.3 is 0 Å². The lowest BCUT2D eigenvalue weighted by Gasteiger charge is -2.22. The van der Waals surface area contributed by atoms with Crippen LogP contribution < -0.4 is 5.32 Å². The summed E-state index contributed by atoms with van der Waals surface area (Å²) in [4.78, 5) is 18.9. The molecule has 4 rings (SSSR count). The van der Waals surface area contributed by atoms with E-state index in [9.17, 15) is 4.79 Å². The third-order valence-electron chi connectivity index (χ3n) is 5.86. The van der Waals surface area contributed by atoms with Crippen LogP contribution in [0.2, 0.25) is 0 Å². The summed E-state index contributed by atoms with van der Waals surface area (Å²) in [6.45, 7) is 5.37. The highest BCUT2D eigenvalue weighted by molar-refractivity contribution is 5.76. The van der Waals surface area contributed by atoms with Crippen molar-refractivity contribution in [1.29, 1.82) is 0 Å². The number of fused-ring (bicyclic) bond motifs is 1. The molecule has 6 heteroatoms. The van der Waals surface area contributed by atoms with Crippen molar-refractivity contribution in [2.45, 2.75) is 44.4 Å². The number of nitrogens with zero attached hydrogens (tertiary/aromatic N) is 2. The minimum Gasteiger partial charge on any atom is -0.381 e.